The molecule has 3 heteroatoms. The van der Waals surface area contributed by atoms with Crippen LogP contribution in [0.5, 0.6) is 0 Å². The Kier molecular flexibility index (Phi) is 4.25. The Morgan fingerprint density at radius 1 is 1.42 bits per heavy atom. The molecule has 104 valence electrons. The van der Waals surface area contributed by atoms with Gasteiger partial charge in [-0.15, -0.1) is 0 Å². The normalized spacial score (nSPS) is 23.7. The van der Waals surface area contributed by atoms with Crippen molar-refractivity contribution in [1.82, 2.24) is 10.2 Å². The number of carbonyl (C=O) groups excluding carboxylic acids is 1. The predicted octanol–water partition coefficient (Wildman–Crippen LogP) is 2.45. The fourth-order valence-electron chi connectivity index (χ4n) is 2.70. The van der Waals surface area contributed by atoms with Crippen molar-refractivity contribution >= 4 is 5.91 Å². The number of nitrogens with zero attached hydrogens (tertiary/aromatic N) is 1. The van der Waals surface area contributed by atoms with Gasteiger partial charge in [-0.25, -0.2) is 0 Å². The number of rotatable bonds is 2. The third kappa shape index (κ3) is 3.16. The highest BCUT2D eigenvalue weighted by molar-refractivity contribution is 5.94. The number of hydrogen-bond acceptors (Lipinski definition) is 2. The maximum Gasteiger partial charge on any atom is 0.254 e. The predicted molar refractivity (Wildman–Crippen MR) is 78.3 cm³/mol. The first-order valence-corrected chi connectivity index (χ1v) is 7.10. The first kappa shape index (κ1) is 14.1. The molecule has 1 aromatic rings. The highest BCUT2D eigenvalue weighted by atomic mass is 16.2. The van der Waals surface area contributed by atoms with Gasteiger partial charge in [0.25, 0.3) is 5.91 Å². The van der Waals surface area contributed by atoms with Crippen LogP contribution in [0.1, 0.15) is 36.7 Å². The number of hydrogen-bond donors (Lipinski definition) is 1. The summed E-state index contributed by atoms with van der Waals surface area (Å²) in [6.45, 7) is 10.2. The maximum atomic E-state index is 12.7. The number of benzene rings is 1. The monoisotopic (exact) mass is 260 g/mol. The fraction of sp³-hybridized carbons (Fsp3) is 0.562. The zero-order valence-electron chi connectivity index (χ0n) is 12.3. The van der Waals surface area contributed by atoms with Gasteiger partial charge in [-0.2, -0.15) is 0 Å². The lowest BCUT2D eigenvalue weighted by Gasteiger charge is -2.41. The van der Waals surface area contributed by atoms with Crippen molar-refractivity contribution in [3.8, 4) is 0 Å². The molecule has 1 saturated heterocycles. The van der Waals surface area contributed by atoms with Gasteiger partial charge in [-0.05, 0) is 31.9 Å². The molecule has 0 aromatic heterocycles. The summed E-state index contributed by atoms with van der Waals surface area (Å²) in [6.07, 6.45) is 0. The average Bonchev–Trinajstić information content (AvgIpc) is 2.37. The molecule has 2 rings (SSSR count). The summed E-state index contributed by atoms with van der Waals surface area (Å²) >= 11 is 0. The molecule has 1 amide bonds. The molecule has 2 atom stereocenters. The van der Waals surface area contributed by atoms with Crippen LogP contribution in [0, 0.1) is 12.8 Å². The Bertz CT molecular complexity index is 456. The van der Waals surface area contributed by atoms with E-state index in [-0.39, 0.29) is 11.9 Å². The second-order valence-electron chi connectivity index (χ2n) is 5.95. The van der Waals surface area contributed by atoms with Crippen LogP contribution in [0.2, 0.25) is 0 Å². The Labute approximate surface area is 116 Å². The van der Waals surface area contributed by atoms with Gasteiger partial charge in [0.1, 0.15) is 0 Å². The van der Waals surface area contributed by atoms with Crippen LogP contribution < -0.4 is 5.32 Å². The largest absolute Gasteiger partial charge is 0.333 e. The van der Waals surface area contributed by atoms with Crippen molar-refractivity contribution in [2.75, 3.05) is 13.1 Å². The van der Waals surface area contributed by atoms with E-state index in [1.165, 1.54) is 0 Å². The smallest absolute Gasteiger partial charge is 0.254 e. The Morgan fingerprint density at radius 2 is 2.16 bits per heavy atom. The van der Waals surface area contributed by atoms with Crippen LogP contribution in [0.3, 0.4) is 0 Å². The lowest BCUT2D eigenvalue weighted by molar-refractivity contribution is 0.0522. The Balaban J connectivity index is 2.23. The summed E-state index contributed by atoms with van der Waals surface area (Å²) in [6, 6.07) is 8.52. The molecule has 0 radical (unpaired) electrons. The SMILES string of the molecule is Cc1cccc(C(=O)N2CC(C)NCC2C(C)C)c1. The van der Waals surface area contributed by atoms with Gasteiger partial charge in [0.2, 0.25) is 0 Å². The molecule has 1 aliphatic rings. The van der Waals surface area contributed by atoms with E-state index in [0.29, 0.717) is 12.0 Å². The summed E-state index contributed by atoms with van der Waals surface area (Å²) in [5.74, 6) is 0.629. The minimum absolute atomic E-state index is 0.163. The van der Waals surface area contributed by atoms with E-state index in [9.17, 15) is 4.79 Å². The summed E-state index contributed by atoms with van der Waals surface area (Å²) in [5.41, 5.74) is 1.94. The van der Waals surface area contributed by atoms with Crippen LogP contribution in [-0.2, 0) is 0 Å². The van der Waals surface area contributed by atoms with Gasteiger partial charge >= 0.3 is 0 Å². The molecule has 0 spiro atoms. The molecule has 1 heterocycles. The van der Waals surface area contributed by atoms with Crippen LogP contribution in [0.15, 0.2) is 24.3 Å². The van der Waals surface area contributed by atoms with E-state index < -0.39 is 0 Å². The quantitative estimate of drug-likeness (QED) is 0.886. The lowest BCUT2D eigenvalue weighted by Crippen LogP contribution is -2.59. The van der Waals surface area contributed by atoms with Crippen LogP contribution in [0.4, 0.5) is 0 Å². The number of carbonyl (C=O) groups is 1. The number of nitrogens with one attached hydrogen (secondary N) is 1. The number of piperazine rings is 1. The van der Waals surface area contributed by atoms with Crippen molar-refractivity contribution in [2.45, 2.75) is 39.8 Å². The van der Waals surface area contributed by atoms with Crippen molar-refractivity contribution < 1.29 is 4.79 Å². The third-order valence-corrected chi connectivity index (χ3v) is 3.84. The summed E-state index contributed by atoms with van der Waals surface area (Å²) in [4.78, 5) is 14.8. The molecule has 1 fully saturated rings. The van der Waals surface area contributed by atoms with Gasteiger partial charge in [0.15, 0.2) is 0 Å². The van der Waals surface area contributed by atoms with E-state index in [2.05, 4.69) is 26.1 Å². The molecule has 1 N–H and O–H groups in total. The fourth-order valence-corrected chi connectivity index (χ4v) is 2.70. The van der Waals surface area contributed by atoms with Gasteiger partial charge in [0.05, 0.1) is 0 Å². The van der Waals surface area contributed by atoms with Crippen LogP contribution in [-0.4, -0.2) is 36.0 Å². The molecule has 19 heavy (non-hydrogen) atoms. The summed E-state index contributed by atoms with van der Waals surface area (Å²) < 4.78 is 0. The second kappa shape index (κ2) is 5.74. The second-order valence-corrected chi connectivity index (χ2v) is 5.95. The highest BCUT2D eigenvalue weighted by Gasteiger charge is 2.31. The van der Waals surface area contributed by atoms with E-state index in [1.807, 2.05) is 36.1 Å². The van der Waals surface area contributed by atoms with Crippen molar-refractivity contribution in [3.63, 3.8) is 0 Å². The Morgan fingerprint density at radius 3 is 2.79 bits per heavy atom. The molecule has 1 aromatic carbocycles. The van der Waals surface area contributed by atoms with Crippen LogP contribution in [0.25, 0.3) is 0 Å². The third-order valence-electron chi connectivity index (χ3n) is 3.84. The molecule has 3 nitrogen and oxygen atoms in total. The summed E-state index contributed by atoms with van der Waals surface area (Å²) in [7, 11) is 0. The number of amides is 1. The highest BCUT2D eigenvalue weighted by Crippen LogP contribution is 2.18. The van der Waals surface area contributed by atoms with E-state index >= 15 is 0 Å². The standard InChI is InChI=1S/C16H24N2O/c1-11(2)15-9-17-13(4)10-18(15)16(19)14-7-5-6-12(3)8-14/h5-8,11,13,15,17H,9-10H2,1-4H3. The minimum atomic E-state index is 0.163. The minimum Gasteiger partial charge on any atom is -0.333 e. The molecule has 1 aliphatic heterocycles. The molecule has 0 bridgehead atoms. The van der Waals surface area contributed by atoms with Crippen molar-refractivity contribution in [3.05, 3.63) is 35.4 Å². The maximum absolute atomic E-state index is 12.7. The molecule has 0 saturated carbocycles. The van der Waals surface area contributed by atoms with Gasteiger partial charge in [0, 0.05) is 30.7 Å². The van der Waals surface area contributed by atoms with E-state index in [0.717, 1.165) is 24.2 Å². The van der Waals surface area contributed by atoms with Gasteiger partial charge in [-0.3, -0.25) is 4.79 Å². The zero-order chi connectivity index (χ0) is 14.0. The van der Waals surface area contributed by atoms with E-state index in [1.54, 1.807) is 0 Å². The summed E-state index contributed by atoms with van der Waals surface area (Å²) in [5, 5.41) is 3.47. The molecule has 2 unspecified atom stereocenters. The van der Waals surface area contributed by atoms with Gasteiger partial charge in [-0.1, -0.05) is 31.5 Å². The first-order chi connectivity index (χ1) is 8.99. The van der Waals surface area contributed by atoms with Crippen molar-refractivity contribution in [1.29, 1.82) is 0 Å². The molecular formula is C16H24N2O. The Hall–Kier alpha value is -1.35. The molecular weight excluding hydrogens is 236 g/mol. The zero-order valence-corrected chi connectivity index (χ0v) is 12.3. The van der Waals surface area contributed by atoms with Gasteiger partial charge < -0.3 is 10.2 Å². The van der Waals surface area contributed by atoms with Crippen molar-refractivity contribution in [2.24, 2.45) is 5.92 Å². The first-order valence-electron chi connectivity index (χ1n) is 7.10. The molecule has 0 aliphatic carbocycles. The number of aryl methyl sites for hydroxylation is 1. The lowest BCUT2D eigenvalue weighted by atomic mass is 9.97. The van der Waals surface area contributed by atoms with E-state index in [4.69, 9.17) is 0 Å². The topological polar surface area (TPSA) is 32.3 Å². The average molecular weight is 260 g/mol. The van der Waals surface area contributed by atoms with Crippen LogP contribution >= 0.6 is 0 Å².